The molecule has 3 atom stereocenters. The third kappa shape index (κ3) is 3.51. The first kappa shape index (κ1) is 17.5. The van der Waals surface area contributed by atoms with Gasteiger partial charge in [0.2, 0.25) is 0 Å². The number of hydrogen-bond acceptors (Lipinski definition) is 3. The van der Waals surface area contributed by atoms with E-state index in [2.05, 4.69) is 43.5 Å². The first-order valence-electron chi connectivity index (χ1n) is 9.48. The van der Waals surface area contributed by atoms with E-state index in [1.807, 2.05) is 30.3 Å². The minimum absolute atomic E-state index is 0.489. The zero-order valence-electron chi connectivity index (χ0n) is 15.7. The van der Waals surface area contributed by atoms with Crippen molar-refractivity contribution >= 4 is 11.8 Å². The summed E-state index contributed by atoms with van der Waals surface area (Å²) >= 11 is 0. The Bertz CT molecular complexity index is 906. The molecule has 2 bridgehead atoms. The Morgan fingerprint density at radius 3 is 2.48 bits per heavy atom. The molecule has 2 N–H and O–H groups in total. The highest BCUT2D eigenvalue weighted by atomic mass is 16.5. The van der Waals surface area contributed by atoms with Crippen LogP contribution in [-0.4, -0.2) is 13.2 Å². The number of hydrogen-bond donors (Lipinski definition) is 1. The summed E-state index contributed by atoms with van der Waals surface area (Å²) < 4.78 is 11.6. The van der Waals surface area contributed by atoms with Crippen molar-refractivity contribution in [2.45, 2.75) is 19.3 Å². The molecule has 0 saturated heterocycles. The topological polar surface area (TPSA) is 44.5 Å². The molecule has 3 nitrogen and oxygen atoms in total. The Labute approximate surface area is 160 Å². The lowest BCUT2D eigenvalue weighted by molar-refractivity contribution is 0.192. The van der Waals surface area contributed by atoms with Crippen LogP contribution in [0.1, 0.15) is 30.4 Å². The van der Waals surface area contributed by atoms with Crippen LogP contribution in [0.5, 0.6) is 11.5 Å². The zero-order valence-corrected chi connectivity index (χ0v) is 15.7. The van der Waals surface area contributed by atoms with Crippen LogP contribution < -0.4 is 15.2 Å². The quantitative estimate of drug-likeness (QED) is 0.438. The summed E-state index contributed by atoms with van der Waals surface area (Å²) in [5.41, 5.74) is 13.4. The van der Waals surface area contributed by atoms with Gasteiger partial charge in [-0.05, 0) is 83.3 Å². The van der Waals surface area contributed by atoms with Crippen molar-refractivity contribution in [3.05, 3.63) is 77.6 Å². The highest BCUT2D eigenvalue weighted by Crippen LogP contribution is 2.54. The number of nitrogens with two attached hydrogens (primary N) is 1. The van der Waals surface area contributed by atoms with E-state index in [-0.39, 0.29) is 0 Å². The van der Waals surface area contributed by atoms with Gasteiger partial charge in [0, 0.05) is 5.69 Å². The minimum Gasteiger partial charge on any atom is -0.490 e. The van der Waals surface area contributed by atoms with E-state index in [4.69, 9.17) is 15.2 Å². The van der Waals surface area contributed by atoms with E-state index in [9.17, 15) is 0 Å². The first-order chi connectivity index (χ1) is 13.2. The number of nitrogen functional groups attached to an aromatic ring is 1. The molecule has 0 amide bonds. The predicted molar refractivity (Wildman–Crippen MR) is 110 cm³/mol. The summed E-state index contributed by atoms with van der Waals surface area (Å²) in [6.07, 6.45) is 5.52. The Morgan fingerprint density at radius 2 is 1.78 bits per heavy atom. The second kappa shape index (κ2) is 7.38. The largest absolute Gasteiger partial charge is 0.490 e. The molecule has 1 saturated carbocycles. The van der Waals surface area contributed by atoms with Crippen molar-refractivity contribution in [2.24, 2.45) is 11.8 Å². The summed E-state index contributed by atoms with van der Waals surface area (Å²) in [6, 6.07) is 13.8. The molecule has 0 radical (unpaired) electrons. The normalized spacial score (nSPS) is 22.4. The highest BCUT2D eigenvalue weighted by molar-refractivity contribution is 5.65. The van der Waals surface area contributed by atoms with Crippen molar-refractivity contribution in [2.75, 3.05) is 18.9 Å². The summed E-state index contributed by atoms with van der Waals surface area (Å²) in [5, 5.41) is 0. The maximum absolute atomic E-state index is 5.91. The van der Waals surface area contributed by atoms with Crippen LogP contribution in [0, 0.1) is 11.8 Å². The molecule has 0 aliphatic heterocycles. The average molecular weight is 359 g/mol. The van der Waals surface area contributed by atoms with Crippen LogP contribution >= 0.6 is 0 Å². The zero-order chi connectivity index (χ0) is 18.8. The van der Waals surface area contributed by atoms with Crippen LogP contribution in [-0.2, 0) is 0 Å². The number of rotatable bonds is 6. The molecule has 0 aromatic heterocycles. The number of ether oxygens (including phenoxy) is 2. The molecular weight excluding hydrogens is 334 g/mol. The van der Waals surface area contributed by atoms with E-state index in [0.717, 1.165) is 17.2 Å². The van der Waals surface area contributed by atoms with Crippen LogP contribution in [0.3, 0.4) is 0 Å². The maximum atomic E-state index is 5.91. The van der Waals surface area contributed by atoms with Gasteiger partial charge in [0.25, 0.3) is 0 Å². The van der Waals surface area contributed by atoms with Gasteiger partial charge >= 0.3 is 0 Å². The van der Waals surface area contributed by atoms with E-state index < -0.39 is 0 Å². The van der Waals surface area contributed by atoms with Gasteiger partial charge in [-0.1, -0.05) is 25.6 Å². The van der Waals surface area contributed by atoms with E-state index in [1.165, 1.54) is 23.1 Å². The van der Waals surface area contributed by atoms with Crippen LogP contribution in [0.15, 0.2) is 66.4 Å². The molecule has 5 rings (SSSR count). The third-order valence-corrected chi connectivity index (χ3v) is 5.75. The fourth-order valence-electron chi connectivity index (χ4n) is 4.18. The summed E-state index contributed by atoms with van der Waals surface area (Å²) in [5.74, 6) is 3.60. The molecule has 1 fully saturated rings. The number of benzene rings is 2. The van der Waals surface area contributed by atoms with Crippen molar-refractivity contribution in [3.8, 4) is 11.5 Å². The molecule has 138 valence electrons. The van der Waals surface area contributed by atoms with Crippen molar-refractivity contribution in [1.82, 2.24) is 0 Å². The molecule has 3 unspecified atom stereocenters. The van der Waals surface area contributed by atoms with Crippen LogP contribution in [0.2, 0.25) is 0 Å². The molecule has 0 spiro atoms. The lowest BCUT2D eigenvalue weighted by Gasteiger charge is -2.42. The molecule has 0 heterocycles. The Balaban J connectivity index is 1.43. The second-order valence-corrected chi connectivity index (χ2v) is 7.36. The first-order valence-corrected chi connectivity index (χ1v) is 9.48. The number of anilines is 1. The van der Waals surface area contributed by atoms with Crippen molar-refractivity contribution in [1.29, 1.82) is 0 Å². The monoisotopic (exact) mass is 359 g/mol. The van der Waals surface area contributed by atoms with E-state index >= 15 is 0 Å². The van der Waals surface area contributed by atoms with Gasteiger partial charge in [-0.15, -0.1) is 5.73 Å². The predicted octanol–water partition coefficient (Wildman–Crippen LogP) is 5.20. The highest BCUT2D eigenvalue weighted by Gasteiger charge is 2.42. The molecule has 2 aromatic rings. The lowest BCUT2D eigenvalue weighted by Crippen LogP contribution is -2.32. The smallest absolute Gasteiger partial charge is 0.122 e. The fourth-order valence-corrected chi connectivity index (χ4v) is 4.18. The molecular formula is C24H25NO2. The van der Waals surface area contributed by atoms with Gasteiger partial charge in [-0.25, -0.2) is 0 Å². The van der Waals surface area contributed by atoms with E-state index in [0.29, 0.717) is 31.0 Å². The van der Waals surface area contributed by atoms with Crippen LogP contribution in [0.4, 0.5) is 5.69 Å². The van der Waals surface area contributed by atoms with Crippen molar-refractivity contribution < 1.29 is 9.47 Å². The Hall–Kier alpha value is -2.90. The molecule has 3 aliphatic rings. The second-order valence-electron chi connectivity index (χ2n) is 7.36. The van der Waals surface area contributed by atoms with Gasteiger partial charge < -0.3 is 15.2 Å². The van der Waals surface area contributed by atoms with Gasteiger partial charge in [-0.2, -0.15) is 0 Å². The van der Waals surface area contributed by atoms with Crippen molar-refractivity contribution in [3.63, 3.8) is 0 Å². The van der Waals surface area contributed by atoms with Gasteiger partial charge in [0.1, 0.15) is 24.7 Å². The fraction of sp³-hybridized carbons (Fsp3) is 0.292. The standard InChI is InChI=1S/C24H25NO2/c1-3-4-17-13-18-14-21(9-10-22(18)24-15-23(17)16(24)2)27-12-11-26-20-7-5-19(25)6-8-20/h4-10,13-14,16,23-24H,1,11-12,15,25H2,2H3. The molecule has 3 aliphatic carbocycles. The maximum Gasteiger partial charge on any atom is 0.122 e. The average Bonchev–Trinajstić information content (AvgIpc) is 2.89. The summed E-state index contributed by atoms with van der Waals surface area (Å²) in [7, 11) is 0. The Kier molecular flexibility index (Phi) is 4.79. The van der Waals surface area contributed by atoms with Gasteiger partial charge in [0.05, 0.1) is 0 Å². The lowest BCUT2D eigenvalue weighted by atomic mass is 9.62. The summed E-state index contributed by atoms with van der Waals surface area (Å²) in [6.45, 7) is 7.08. The molecule has 27 heavy (non-hydrogen) atoms. The van der Waals surface area contributed by atoms with E-state index in [1.54, 1.807) is 0 Å². The summed E-state index contributed by atoms with van der Waals surface area (Å²) in [4.78, 5) is 0. The Morgan fingerprint density at radius 1 is 1.07 bits per heavy atom. The van der Waals surface area contributed by atoms with Crippen LogP contribution in [0.25, 0.3) is 6.08 Å². The minimum atomic E-state index is 0.489. The van der Waals surface area contributed by atoms with Gasteiger partial charge in [-0.3, -0.25) is 0 Å². The molecule has 3 heteroatoms. The third-order valence-electron chi connectivity index (χ3n) is 5.75. The van der Waals surface area contributed by atoms with Gasteiger partial charge in [0.15, 0.2) is 0 Å². The number of allylic oxidation sites excluding steroid dienone is 2. The SMILES string of the molecule is C=C=CC1=Cc2cc(OCCOc3ccc(N)cc3)ccc2C2CC1C2C. The molecule has 2 aromatic carbocycles.